The van der Waals surface area contributed by atoms with Gasteiger partial charge in [-0.15, -0.1) is 0 Å². The first-order valence-corrected chi connectivity index (χ1v) is 11.9. The predicted octanol–water partition coefficient (Wildman–Crippen LogP) is 5.59. The second kappa shape index (κ2) is 10.5. The monoisotopic (exact) mass is 497 g/mol. The van der Waals surface area contributed by atoms with Crippen LogP contribution >= 0.6 is 0 Å². The summed E-state index contributed by atoms with van der Waals surface area (Å²) in [6.45, 7) is 2.04. The number of hydrogen-bond donors (Lipinski definition) is 2. The van der Waals surface area contributed by atoms with Crippen molar-refractivity contribution in [2.45, 2.75) is 26.2 Å². The van der Waals surface area contributed by atoms with Crippen molar-refractivity contribution < 1.29 is 23.5 Å². The van der Waals surface area contributed by atoms with Gasteiger partial charge in [0.25, 0.3) is 5.91 Å². The molecule has 2 amide bonds. The molecule has 1 aliphatic heterocycles. The molecule has 0 spiro atoms. The minimum atomic E-state index is -0.422. The Morgan fingerprint density at radius 1 is 1.05 bits per heavy atom. The second-order valence-corrected chi connectivity index (χ2v) is 8.67. The summed E-state index contributed by atoms with van der Waals surface area (Å²) in [4.78, 5) is 26.5. The molecule has 0 bridgehead atoms. The van der Waals surface area contributed by atoms with Gasteiger partial charge in [0.1, 0.15) is 30.0 Å². The van der Waals surface area contributed by atoms with Gasteiger partial charge in [-0.25, -0.2) is 0 Å². The molecule has 0 unspecified atom stereocenters. The summed E-state index contributed by atoms with van der Waals surface area (Å²) in [5.41, 5.74) is 3.81. The molecule has 2 N–H and O–H groups in total. The summed E-state index contributed by atoms with van der Waals surface area (Å²) in [5, 5.41) is 6.25. The van der Waals surface area contributed by atoms with Crippen LogP contribution in [-0.2, 0) is 17.9 Å². The third-order valence-electron chi connectivity index (χ3n) is 6.12. The van der Waals surface area contributed by atoms with Gasteiger partial charge in [0.15, 0.2) is 0 Å². The van der Waals surface area contributed by atoms with Crippen LogP contribution in [0, 0.1) is 0 Å². The standard InChI is InChI=1S/C29H27N3O5/c1-19(33)30-22-10-12-23(13-11-22)37-18-21-16-20(9-14-27(21)35-2)28-31-26-8-4-3-7-25(26)29(34)32(28)17-24-6-5-15-36-24/h3-16,28,31H,17-18H2,1-2H3,(H,30,33)/t28-/m1/s1. The number of benzene rings is 3. The average molecular weight is 498 g/mol. The van der Waals surface area contributed by atoms with Gasteiger partial charge in [-0.3, -0.25) is 9.59 Å². The molecule has 1 aliphatic rings. The van der Waals surface area contributed by atoms with Gasteiger partial charge in [0.05, 0.1) is 25.5 Å². The summed E-state index contributed by atoms with van der Waals surface area (Å²) in [6, 6.07) is 24.1. The Morgan fingerprint density at radius 2 is 1.86 bits per heavy atom. The lowest BCUT2D eigenvalue weighted by Gasteiger charge is -2.38. The van der Waals surface area contributed by atoms with Gasteiger partial charge >= 0.3 is 0 Å². The number of anilines is 2. The van der Waals surface area contributed by atoms with Crippen LogP contribution in [0.15, 0.2) is 89.5 Å². The summed E-state index contributed by atoms with van der Waals surface area (Å²) in [5.74, 6) is 1.82. The van der Waals surface area contributed by atoms with Gasteiger partial charge in [-0.1, -0.05) is 18.2 Å². The van der Waals surface area contributed by atoms with Gasteiger partial charge in [-0.05, 0) is 66.2 Å². The number of nitrogens with zero attached hydrogens (tertiary/aromatic N) is 1. The Balaban J connectivity index is 1.42. The maximum absolute atomic E-state index is 13.5. The molecule has 4 aromatic rings. The molecule has 0 saturated heterocycles. The summed E-state index contributed by atoms with van der Waals surface area (Å²) in [6.07, 6.45) is 1.18. The second-order valence-electron chi connectivity index (χ2n) is 8.67. The van der Waals surface area contributed by atoms with Crippen molar-refractivity contribution in [2.24, 2.45) is 0 Å². The molecule has 1 atom stereocenters. The van der Waals surface area contributed by atoms with E-state index in [1.54, 1.807) is 42.5 Å². The number of nitrogens with one attached hydrogen (secondary N) is 2. The Labute approximate surface area is 214 Å². The summed E-state index contributed by atoms with van der Waals surface area (Å²) in [7, 11) is 1.61. The Hall–Kier alpha value is -4.72. The molecule has 37 heavy (non-hydrogen) atoms. The van der Waals surface area contributed by atoms with Crippen molar-refractivity contribution >= 4 is 23.2 Å². The Kier molecular flexibility index (Phi) is 6.81. The lowest BCUT2D eigenvalue weighted by Crippen LogP contribution is -2.42. The number of ether oxygens (including phenoxy) is 2. The molecule has 0 radical (unpaired) electrons. The van der Waals surface area contributed by atoms with Crippen LogP contribution in [0.25, 0.3) is 0 Å². The molecule has 0 saturated carbocycles. The molecular formula is C29H27N3O5. The van der Waals surface area contributed by atoms with E-state index < -0.39 is 6.17 Å². The zero-order valence-electron chi connectivity index (χ0n) is 20.6. The van der Waals surface area contributed by atoms with E-state index in [0.29, 0.717) is 35.1 Å². The van der Waals surface area contributed by atoms with Gasteiger partial charge in [0, 0.05) is 23.9 Å². The number of furan rings is 1. The first-order chi connectivity index (χ1) is 18.0. The SMILES string of the molecule is COc1ccc([C@@H]2Nc3ccccc3C(=O)N2Cc2ccco2)cc1COc1ccc(NC(C)=O)cc1. The quantitative estimate of drug-likeness (QED) is 0.330. The molecule has 8 nitrogen and oxygen atoms in total. The molecule has 2 heterocycles. The lowest BCUT2D eigenvalue weighted by molar-refractivity contribution is -0.114. The molecule has 188 valence electrons. The molecular weight excluding hydrogens is 470 g/mol. The highest BCUT2D eigenvalue weighted by molar-refractivity contribution is 6.01. The summed E-state index contributed by atoms with van der Waals surface area (Å²) >= 11 is 0. The maximum atomic E-state index is 13.5. The van der Waals surface area contributed by atoms with Crippen LogP contribution in [0.3, 0.4) is 0 Å². The third kappa shape index (κ3) is 5.28. The fourth-order valence-corrected chi connectivity index (χ4v) is 4.37. The summed E-state index contributed by atoms with van der Waals surface area (Å²) < 4.78 is 17.2. The van der Waals surface area contributed by atoms with Crippen LogP contribution in [-0.4, -0.2) is 23.8 Å². The first-order valence-electron chi connectivity index (χ1n) is 11.9. The van der Waals surface area contributed by atoms with Crippen molar-refractivity contribution in [3.05, 3.63) is 108 Å². The minimum absolute atomic E-state index is 0.0800. The number of rotatable bonds is 8. The number of fused-ring (bicyclic) bond motifs is 1. The molecule has 0 fully saturated rings. The first kappa shape index (κ1) is 24.0. The Bertz CT molecular complexity index is 1400. The van der Waals surface area contributed by atoms with Crippen LogP contribution in [0.2, 0.25) is 0 Å². The fourth-order valence-electron chi connectivity index (χ4n) is 4.37. The lowest BCUT2D eigenvalue weighted by atomic mass is 10.0. The van der Waals surface area contributed by atoms with E-state index in [1.807, 2.05) is 54.6 Å². The number of amides is 2. The van der Waals surface area contributed by atoms with Gasteiger partial charge in [-0.2, -0.15) is 0 Å². The van der Waals surface area contributed by atoms with Gasteiger partial charge in [0.2, 0.25) is 5.91 Å². The Morgan fingerprint density at radius 3 is 2.59 bits per heavy atom. The molecule has 8 heteroatoms. The van der Waals surface area contributed by atoms with E-state index in [9.17, 15) is 9.59 Å². The third-order valence-corrected chi connectivity index (χ3v) is 6.12. The highest BCUT2D eigenvalue weighted by Gasteiger charge is 2.33. The minimum Gasteiger partial charge on any atom is -0.496 e. The number of para-hydroxylation sites is 1. The maximum Gasteiger partial charge on any atom is 0.258 e. The van der Waals surface area contributed by atoms with E-state index in [2.05, 4.69) is 10.6 Å². The largest absolute Gasteiger partial charge is 0.496 e. The van der Waals surface area contributed by atoms with Crippen LogP contribution < -0.4 is 20.1 Å². The predicted molar refractivity (Wildman–Crippen MR) is 139 cm³/mol. The van der Waals surface area contributed by atoms with Crippen molar-refractivity contribution in [3.63, 3.8) is 0 Å². The zero-order chi connectivity index (χ0) is 25.8. The topological polar surface area (TPSA) is 93.0 Å². The fraction of sp³-hybridized carbons (Fsp3) is 0.172. The van der Waals surface area contributed by atoms with Gasteiger partial charge < -0.3 is 29.4 Å². The van der Waals surface area contributed by atoms with E-state index in [0.717, 1.165) is 16.8 Å². The number of hydrogen-bond acceptors (Lipinski definition) is 6. The van der Waals surface area contributed by atoms with E-state index >= 15 is 0 Å². The molecule has 0 aliphatic carbocycles. The van der Waals surface area contributed by atoms with Crippen molar-refractivity contribution in [2.75, 3.05) is 17.7 Å². The normalized spacial score (nSPS) is 14.5. The molecule has 3 aromatic carbocycles. The number of carbonyl (C=O) groups is 2. The van der Waals surface area contributed by atoms with E-state index in [1.165, 1.54) is 6.92 Å². The average Bonchev–Trinajstić information content (AvgIpc) is 3.43. The highest BCUT2D eigenvalue weighted by Crippen LogP contribution is 2.36. The van der Waals surface area contributed by atoms with Crippen molar-refractivity contribution in [1.29, 1.82) is 0 Å². The van der Waals surface area contributed by atoms with E-state index in [4.69, 9.17) is 13.9 Å². The number of methoxy groups -OCH3 is 1. The molecule has 5 rings (SSSR count). The van der Waals surface area contributed by atoms with Crippen molar-refractivity contribution in [1.82, 2.24) is 4.90 Å². The van der Waals surface area contributed by atoms with Crippen molar-refractivity contribution in [3.8, 4) is 11.5 Å². The highest BCUT2D eigenvalue weighted by atomic mass is 16.5. The van der Waals surface area contributed by atoms with E-state index in [-0.39, 0.29) is 18.4 Å². The van der Waals surface area contributed by atoms with Crippen LogP contribution in [0.4, 0.5) is 11.4 Å². The zero-order valence-corrected chi connectivity index (χ0v) is 20.6. The van der Waals surface area contributed by atoms with Crippen LogP contribution in [0.5, 0.6) is 11.5 Å². The number of carbonyl (C=O) groups excluding carboxylic acids is 2. The molecule has 1 aromatic heterocycles. The van der Waals surface area contributed by atoms with Crippen LogP contribution in [0.1, 0.15) is 40.3 Å². The smallest absolute Gasteiger partial charge is 0.258 e.